The third kappa shape index (κ3) is 4.44. The SMILES string of the molecule is Cc1cc(C)c(-c2ccc3occ(-c4nc5ccccc5n4Cc4c(C(C)C)cccc4C(C)C)c3c2)c(C)c1. The van der Waals surface area contributed by atoms with E-state index in [4.69, 9.17) is 9.40 Å². The number of nitrogens with zero attached hydrogens (tertiary/aromatic N) is 2. The van der Waals surface area contributed by atoms with Crippen molar-refractivity contribution in [1.29, 1.82) is 0 Å². The summed E-state index contributed by atoms with van der Waals surface area (Å²) in [5, 5.41) is 1.09. The summed E-state index contributed by atoms with van der Waals surface area (Å²) >= 11 is 0. The minimum atomic E-state index is 0.435. The monoisotopic (exact) mass is 526 g/mol. The van der Waals surface area contributed by atoms with Crippen LogP contribution in [0.15, 0.2) is 83.5 Å². The van der Waals surface area contributed by atoms with Gasteiger partial charge in [-0.3, -0.25) is 0 Å². The van der Waals surface area contributed by atoms with E-state index in [1.165, 1.54) is 44.5 Å². The van der Waals surface area contributed by atoms with Crippen molar-refractivity contribution >= 4 is 22.0 Å². The van der Waals surface area contributed by atoms with E-state index < -0.39 is 0 Å². The fraction of sp³-hybridized carbons (Fsp3) is 0.270. The number of aryl methyl sites for hydroxylation is 3. The maximum Gasteiger partial charge on any atom is 0.145 e. The molecule has 0 aliphatic rings. The summed E-state index contributed by atoms with van der Waals surface area (Å²) in [6.45, 7) is 16.5. The Morgan fingerprint density at radius 1 is 0.775 bits per heavy atom. The molecule has 0 spiro atoms. The first-order chi connectivity index (χ1) is 19.2. The highest BCUT2D eigenvalue weighted by Gasteiger charge is 2.21. The van der Waals surface area contributed by atoms with Crippen molar-refractivity contribution in [2.45, 2.75) is 66.8 Å². The van der Waals surface area contributed by atoms with E-state index in [2.05, 4.69) is 126 Å². The normalized spacial score (nSPS) is 11.9. The van der Waals surface area contributed by atoms with Gasteiger partial charge < -0.3 is 8.98 Å². The Kier molecular flexibility index (Phi) is 6.62. The molecule has 0 atom stereocenters. The molecule has 3 heteroatoms. The van der Waals surface area contributed by atoms with Crippen LogP contribution in [0, 0.1) is 20.8 Å². The molecule has 6 aromatic rings. The Hall–Kier alpha value is -4.11. The Morgan fingerprint density at radius 2 is 1.45 bits per heavy atom. The molecule has 0 fully saturated rings. The second kappa shape index (κ2) is 10.1. The Balaban J connectivity index is 1.57. The lowest BCUT2D eigenvalue weighted by molar-refractivity contribution is 0.616. The molecule has 0 N–H and O–H groups in total. The zero-order chi connectivity index (χ0) is 28.1. The molecule has 0 aliphatic carbocycles. The molecule has 2 heterocycles. The van der Waals surface area contributed by atoms with Gasteiger partial charge in [-0.2, -0.15) is 0 Å². The van der Waals surface area contributed by atoms with Crippen molar-refractivity contribution in [3.05, 3.63) is 112 Å². The molecule has 40 heavy (non-hydrogen) atoms. The van der Waals surface area contributed by atoms with Gasteiger partial charge in [0, 0.05) is 5.39 Å². The van der Waals surface area contributed by atoms with E-state index in [9.17, 15) is 0 Å². The molecule has 0 unspecified atom stereocenters. The predicted octanol–water partition coefficient (Wildman–Crippen LogP) is 10.3. The van der Waals surface area contributed by atoms with Gasteiger partial charge in [-0.25, -0.2) is 4.98 Å². The number of fused-ring (bicyclic) bond motifs is 2. The van der Waals surface area contributed by atoms with Crippen LogP contribution >= 0.6 is 0 Å². The quantitative estimate of drug-likeness (QED) is 0.216. The van der Waals surface area contributed by atoms with Gasteiger partial charge in [-0.1, -0.05) is 81.8 Å². The van der Waals surface area contributed by atoms with Gasteiger partial charge in [0.05, 0.1) is 23.1 Å². The number of hydrogen-bond acceptors (Lipinski definition) is 2. The molecule has 6 rings (SSSR count). The summed E-state index contributed by atoms with van der Waals surface area (Å²) in [4.78, 5) is 5.20. The van der Waals surface area contributed by atoms with E-state index in [1.807, 2.05) is 6.26 Å². The van der Waals surface area contributed by atoms with Gasteiger partial charge in [0.1, 0.15) is 17.7 Å². The van der Waals surface area contributed by atoms with Crippen LogP contribution in [0.2, 0.25) is 0 Å². The van der Waals surface area contributed by atoms with Gasteiger partial charge in [0.25, 0.3) is 0 Å². The van der Waals surface area contributed by atoms with Crippen LogP contribution in [-0.2, 0) is 6.54 Å². The Labute approximate surface area is 237 Å². The fourth-order valence-corrected chi connectivity index (χ4v) is 6.48. The number of aromatic nitrogens is 2. The van der Waals surface area contributed by atoms with Crippen LogP contribution in [-0.4, -0.2) is 9.55 Å². The fourth-order valence-electron chi connectivity index (χ4n) is 6.48. The van der Waals surface area contributed by atoms with Crippen LogP contribution in [0.5, 0.6) is 0 Å². The van der Waals surface area contributed by atoms with Crippen molar-refractivity contribution in [2.75, 3.05) is 0 Å². The lowest BCUT2D eigenvalue weighted by Gasteiger charge is -2.21. The van der Waals surface area contributed by atoms with Crippen LogP contribution in [0.25, 0.3) is 44.5 Å². The molecule has 0 radical (unpaired) electrons. The van der Waals surface area contributed by atoms with Crippen molar-refractivity contribution in [3.8, 4) is 22.5 Å². The van der Waals surface area contributed by atoms with E-state index in [1.54, 1.807) is 0 Å². The average molecular weight is 527 g/mol. The Morgan fingerprint density at radius 3 is 2.12 bits per heavy atom. The maximum atomic E-state index is 6.15. The minimum Gasteiger partial charge on any atom is -0.464 e. The number of hydrogen-bond donors (Lipinski definition) is 0. The van der Waals surface area contributed by atoms with Crippen LogP contribution in [0.4, 0.5) is 0 Å². The number of furan rings is 1. The zero-order valence-corrected chi connectivity index (χ0v) is 24.7. The molecule has 2 aromatic heterocycles. The highest BCUT2D eigenvalue weighted by molar-refractivity contribution is 5.97. The molecular formula is C37H38N2O. The average Bonchev–Trinajstić information content (AvgIpc) is 3.49. The summed E-state index contributed by atoms with van der Waals surface area (Å²) in [5.41, 5.74) is 14.6. The lowest BCUT2D eigenvalue weighted by atomic mass is 9.88. The van der Waals surface area contributed by atoms with E-state index in [0.717, 1.165) is 39.9 Å². The number of imidazole rings is 1. The Bertz CT molecular complexity index is 1820. The van der Waals surface area contributed by atoms with Gasteiger partial charge in [-0.15, -0.1) is 0 Å². The lowest BCUT2D eigenvalue weighted by Crippen LogP contribution is -2.10. The third-order valence-electron chi connectivity index (χ3n) is 8.24. The van der Waals surface area contributed by atoms with Gasteiger partial charge in [0.15, 0.2) is 0 Å². The maximum absolute atomic E-state index is 6.15. The number of benzene rings is 4. The van der Waals surface area contributed by atoms with Crippen molar-refractivity contribution < 1.29 is 4.42 Å². The molecule has 3 nitrogen and oxygen atoms in total. The van der Waals surface area contributed by atoms with Crippen molar-refractivity contribution in [1.82, 2.24) is 9.55 Å². The smallest absolute Gasteiger partial charge is 0.145 e. The summed E-state index contributed by atoms with van der Waals surface area (Å²) in [6.07, 6.45) is 1.89. The molecule has 4 aromatic carbocycles. The highest BCUT2D eigenvalue weighted by atomic mass is 16.3. The van der Waals surface area contributed by atoms with Crippen LogP contribution in [0.1, 0.15) is 72.9 Å². The second-order valence-electron chi connectivity index (χ2n) is 11.9. The number of para-hydroxylation sites is 2. The molecule has 0 saturated carbocycles. The summed E-state index contributed by atoms with van der Waals surface area (Å²) < 4.78 is 8.54. The first-order valence-corrected chi connectivity index (χ1v) is 14.4. The first-order valence-electron chi connectivity index (χ1n) is 14.4. The van der Waals surface area contributed by atoms with Gasteiger partial charge in [0.2, 0.25) is 0 Å². The third-order valence-corrected chi connectivity index (χ3v) is 8.24. The van der Waals surface area contributed by atoms with Gasteiger partial charge >= 0.3 is 0 Å². The largest absolute Gasteiger partial charge is 0.464 e. The second-order valence-corrected chi connectivity index (χ2v) is 11.9. The van der Waals surface area contributed by atoms with Crippen molar-refractivity contribution in [3.63, 3.8) is 0 Å². The molecule has 0 amide bonds. The summed E-state index contributed by atoms with van der Waals surface area (Å²) in [6, 6.07) is 26.4. The van der Waals surface area contributed by atoms with Crippen LogP contribution in [0.3, 0.4) is 0 Å². The summed E-state index contributed by atoms with van der Waals surface area (Å²) in [7, 11) is 0. The molecule has 0 saturated heterocycles. The highest BCUT2D eigenvalue weighted by Crippen LogP contribution is 2.38. The van der Waals surface area contributed by atoms with E-state index in [-0.39, 0.29) is 0 Å². The van der Waals surface area contributed by atoms with E-state index >= 15 is 0 Å². The molecule has 0 aliphatic heterocycles. The molecule has 0 bridgehead atoms. The minimum absolute atomic E-state index is 0.435. The van der Waals surface area contributed by atoms with Crippen molar-refractivity contribution in [2.24, 2.45) is 0 Å². The number of rotatable bonds is 6. The predicted molar refractivity (Wildman–Crippen MR) is 168 cm³/mol. The molecular weight excluding hydrogens is 488 g/mol. The summed E-state index contributed by atoms with van der Waals surface area (Å²) in [5.74, 6) is 1.82. The van der Waals surface area contributed by atoms with Gasteiger partial charge in [-0.05, 0) is 95.8 Å². The van der Waals surface area contributed by atoms with E-state index in [0.29, 0.717) is 11.8 Å². The standard InChI is InChI=1S/C37H38N2O/c1-22(2)28-11-10-12-29(23(3)4)31(28)20-39-34-14-9-8-13-33(34)38-37(39)32-21-40-35-16-15-27(19-30(32)35)36-25(6)17-24(5)18-26(36)7/h8-19,21-23H,20H2,1-7H3. The zero-order valence-electron chi connectivity index (χ0n) is 24.7. The first kappa shape index (κ1) is 26.1. The van der Waals surface area contributed by atoms with Crippen LogP contribution < -0.4 is 0 Å². The topological polar surface area (TPSA) is 31.0 Å². The molecule has 202 valence electrons.